The van der Waals surface area contributed by atoms with Crippen LogP contribution in [-0.4, -0.2) is 5.54 Å². The second-order valence-corrected chi connectivity index (χ2v) is 4.69. The molecule has 0 aliphatic rings. The molecule has 16 heavy (non-hydrogen) atoms. The summed E-state index contributed by atoms with van der Waals surface area (Å²) in [6.45, 7) is 8.64. The van der Waals surface area contributed by atoms with Gasteiger partial charge in [-0.2, -0.15) is 0 Å². The van der Waals surface area contributed by atoms with E-state index in [0.29, 0.717) is 0 Å². The first-order chi connectivity index (χ1) is 7.50. The molecule has 0 saturated heterocycles. The maximum Gasteiger partial charge on any atom is 0.123 e. The summed E-state index contributed by atoms with van der Waals surface area (Å²) in [6.07, 6.45) is 2.15. The van der Waals surface area contributed by atoms with Gasteiger partial charge in [0.25, 0.3) is 0 Å². The highest BCUT2D eigenvalue weighted by molar-refractivity contribution is 5.20. The Morgan fingerprint density at radius 2 is 1.94 bits per heavy atom. The van der Waals surface area contributed by atoms with Gasteiger partial charge in [0.1, 0.15) is 5.82 Å². The molecule has 0 heterocycles. The Morgan fingerprint density at radius 1 is 1.31 bits per heavy atom. The van der Waals surface area contributed by atoms with Crippen LogP contribution in [0.15, 0.2) is 24.3 Å². The lowest BCUT2D eigenvalue weighted by Gasteiger charge is -2.32. The minimum Gasteiger partial charge on any atom is -0.305 e. The van der Waals surface area contributed by atoms with Crippen LogP contribution in [0.25, 0.3) is 0 Å². The van der Waals surface area contributed by atoms with Gasteiger partial charge < -0.3 is 5.32 Å². The van der Waals surface area contributed by atoms with Crippen molar-refractivity contribution in [1.82, 2.24) is 5.32 Å². The van der Waals surface area contributed by atoms with Crippen LogP contribution in [0.3, 0.4) is 0 Å². The van der Waals surface area contributed by atoms with Gasteiger partial charge in [-0.15, -0.1) is 0 Å². The molecule has 1 atom stereocenters. The Balaban J connectivity index is 2.75. The van der Waals surface area contributed by atoms with Crippen molar-refractivity contribution in [2.45, 2.75) is 52.1 Å². The number of hydrogen-bond acceptors (Lipinski definition) is 1. The number of nitrogens with one attached hydrogen (secondary N) is 1. The van der Waals surface area contributed by atoms with Crippen LogP contribution in [-0.2, 0) is 0 Å². The molecule has 1 aromatic rings. The van der Waals surface area contributed by atoms with Crippen molar-refractivity contribution in [3.8, 4) is 0 Å². The second kappa shape index (κ2) is 5.44. The predicted molar refractivity (Wildman–Crippen MR) is 66.9 cm³/mol. The fourth-order valence-electron chi connectivity index (χ4n) is 1.84. The lowest BCUT2D eigenvalue weighted by molar-refractivity contribution is 0.299. The molecule has 1 unspecified atom stereocenters. The molecule has 0 fully saturated rings. The van der Waals surface area contributed by atoms with E-state index in [1.165, 1.54) is 6.07 Å². The maximum atomic E-state index is 13.1. The molecule has 0 bridgehead atoms. The Hall–Kier alpha value is -0.890. The smallest absolute Gasteiger partial charge is 0.123 e. The van der Waals surface area contributed by atoms with Gasteiger partial charge in [-0.05, 0) is 44.4 Å². The molecule has 0 spiro atoms. The minimum atomic E-state index is -0.166. The molecule has 2 heteroatoms. The summed E-state index contributed by atoms with van der Waals surface area (Å²) in [6, 6.07) is 6.99. The van der Waals surface area contributed by atoms with Crippen molar-refractivity contribution in [2.75, 3.05) is 0 Å². The Bertz CT molecular complexity index is 331. The highest BCUT2D eigenvalue weighted by atomic mass is 19.1. The molecule has 1 aromatic carbocycles. The first-order valence-electron chi connectivity index (χ1n) is 6.04. The summed E-state index contributed by atoms with van der Waals surface area (Å²) in [5.74, 6) is -0.166. The van der Waals surface area contributed by atoms with Crippen molar-refractivity contribution >= 4 is 0 Å². The quantitative estimate of drug-likeness (QED) is 0.794. The third-order valence-corrected chi connectivity index (χ3v) is 3.47. The molecule has 0 radical (unpaired) electrons. The largest absolute Gasteiger partial charge is 0.305 e. The van der Waals surface area contributed by atoms with Gasteiger partial charge in [0.15, 0.2) is 0 Å². The van der Waals surface area contributed by atoms with E-state index in [0.717, 1.165) is 18.4 Å². The van der Waals surface area contributed by atoms with Crippen LogP contribution in [0, 0.1) is 5.82 Å². The fraction of sp³-hybridized carbons (Fsp3) is 0.571. The van der Waals surface area contributed by atoms with Crippen molar-refractivity contribution in [3.05, 3.63) is 35.6 Å². The maximum absolute atomic E-state index is 13.1. The van der Waals surface area contributed by atoms with Gasteiger partial charge in [0.05, 0.1) is 0 Å². The van der Waals surface area contributed by atoms with E-state index in [1.54, 1.807) is 12.1 Å². The van der Waals surface area contributed by atoms with Crippen molar-refractivity contribution in [1.29, 1.82) is 0 Å². The average Bonchev–Trinajstić information content (AvgIpc) is 2.29. The Labute approximate surface area is 98.1 Å². The zero-order chi connectivity index (χ0) is 12.2. The van der Waals surface area contributed by atoms with Gasteiger partial charge in [-0.3, -0.25) is 0 Å². The van der Waals surface area contributed by atoms with Crippen LogP contribution in [0.4, 0.5) is 4.39 Å². The lowest BCUT2D eigenvalue weighted by atomic mass is 9.93. The summed E-state index contributed by atoms with van der Waals surface area (Å²) >= 11 is 0. The molecule has 0 saturated carbocycles. The highest BCUT2D eigenvalue weighted by Crippen LogP contribution is 2.21. The van der Waals surface area contributed by atoms with Gasteiger partial charge >= 0.3 is 0 Å². The number of halogens is 1. The molecular formula is C14H22FN. The van der Waals surface area contributed by atoms with Gasteiger partial charge in [-0.1, -0.05) is 26.0 Å². The summed E-state index contributed by atoms with van der Waals surface area (Å²) in [5.41, 5.74) is 1.14. The van der Waals surface area contributed by atoms with E-state index >= 15 is 0 Å². The van der Waals surface area contributed by atoms with Crippen molar-refractivity contribution in [2.24, 2.45) is 0 Å². The predicted octanol–water partition coefficient (Wildman–Crippen LogP) is 4.06. The van der Waals surface area contributed by atoms with Crippen LogP contribution < -0.4 is 5.32 Å². The van der Waals surface area contributed by atoms with Crippen molar-refractivity contribution in [3.63, 3.8) is 0 Å². The molecule has 1 N–H and O–H groups in total. The molecule has 0 aliphatic carbocycles. The standard InChI is InChI=1S/C14H22FN/c1-5-14(4,6-2)16-11(3)12-8-7-9-13(15)10-12/h7-11,16H,5-6H2,1-4H3. The number of rotatable bonds is 5. The van der Waals surface area contributed by atoms with E-state index in [-0.39, 0.29) is 17.4 Å². The SMILES string of the molecule is CCC(C)(CC)NC(C)c1cccc(F)c1. The van der Waals surface area contributed by atoms with E-state index < -0.39 is 0 Å². The van der Waals surface area contributed by atoms with Gasteiger partial charge in [0.2, 0.25) is 0 Å². The van der Waals surface area contributed by atoms with E-state index in [1.807, 2.05) is 6.07 Å². The zero-order valence-electron chi connectivity index (χ0n) is 10.7. The summed E-state index contributed by atoms with van der Waals surface area (Å²) in [5, 5.41) is 3.57. The molecule has 90 valence electrons. The Morgan fingerprint density at radius 3 is 2.44 bits per heavy atom. The minimum absolute atomic E-state index is 0.131. The molecule has 0 aromatic heterocycles. The second-order valence-electron chi connectivity index (χ2n) is 4.69. The van der Waals surface area contributed by atoms with Crippen LogP contribution >= 0.6 is 0 Å². The fourth-order valence-corrected chi connectivity index (χ4v) is 1.84. The van der Waals surface area contributed by atoms with Crippen LogP contribution in [0.5, 0.6) is 0 Å². The van der Waals surface area contributed by atoms with E-state index in [2.05, 4.69) is 33.0 Å². The monoisotopic (exact) mass is 223 g/mol. The summed E-state index contributed by atoms with van der Waals surface area (Å²) < 4.78 is 13.1. The van der Waals surface area contributed by atoms with Gasteiger partial charge in [-0.25, -0.2) is 4.39 Å². The Kier molecular flexibility index (Phi) is 4.48. The summed E-state index contributed by atoms with van der Waals surface area (Å²) in [4.78, 5) is 0. The van der Waals surface area contributed by atoms with Crippen molar-refractivity contribution < 1.29 is 4.39 Å². The van der Waals surface area contributed by atoms with Gasteiger partial charge in [0, 0.05) is 11.6 Å². The average molecular weight is 223 g/mol. The molecule has 0 aliphatic heterocycles. The molecule has 0 amide bonds. The number of benzene rings is 1. The topological polar surface area (TPSA) is 12.0 Å². The third kappa shape index (κ3) is 3.31. The normalized spacial score (nSPS) is 13.8. The first-order valence-corrected chi connectivity index (χ1v) is 6.04. The first kappa shape index (κ1) is 13.2. The molecule has 1 rings (SSSR count). The highest BCUT2D eigenvalue weighted by Gasteiger charge is 2.21. The van der Waals surface area contributed by atoms with Crippen LogP contribution in [0.1, 0.15) is 52.1 Å². The number of hydrogen-bond donors (Lipinski definition) is 1. The van der Waals surface area contributed by atoms with Crippen LogP contribution in [0.2, 0.25) is 0 Å². The lowest BCUT2D eigenvalue weighted by Crippen LogP contribution is -2.42. The molecular weight excluding hydrogens is 201 g/mol. The van der Waals surface area contributed by atoms with E-state index in [9.17, 15) is 4.39 Å². The summed E-state index contributed by atoms with van der Waals surface area (Å²) in [7, 11) is 0. The zero-order valence-corrected chi connectivity index (χ0v) is 10.7. The van der Waals surface area contributed by atoms with E-state index in [4.69, 9.17) is 0 Å². The molecule has 1 nitrogen and oxygen atoms in total. The third-order valence-electron chi connectivity index (χ3n) is 3.47.